The molecule has 2 N–H and O–H groups in total. The van der Waals surface area contributed by atoms with Crippen LogP contribution in [0.15, 0.2) is 66.7 Å². The Labute approximate surface area is 170 Å². The summed E-state index contributed by atoms with van der Waals surface area (Å²) in [5.74, 6) is 0.359. The predicted molar refractivity (Wildman–Crippen MR) is 112 cm³/mol. The minimum atomic E-state index is -0.409. The SMILES string of the molecule is O=C(NC1CCCc2c(O)cccc21)OCC1c2ccccc2-c2ccccc21. The van der Waals surface area contributed by atoms with Crippen molar-refractivity contribution < 1.29 is 14.6 Å². The molecule has 0 saturated carbocycles. The van der Waals surface area contributed by atoms with Crippen LogP contribution in [0.1, 0.15) is 47.1 Å². The topological polar surface area (TPSA) is 58.6 Å². The number of amides is 1. The van der Waals surface area contributed by atoms with Gasteiger partial charge in [-0.15, -0.1) is 0 Å². The van der Waals surface area contributed by atoms with Crippen molar-refractivity contribution in [3.63, 3.8) is 0 Å². The van der Waals surface area contributed by atoms with E-state index in [1.165, 1.54) is 22.3 Å². The minimum Gasteiger partial charge on any atom is -0.508 e. The Balaban J connectivity index is 1.31. The van der Waals surface area contributed by atoms with Gasteiger partial charge in [0.15, 0.2) is 0 Å². The first-order chi connectivity index (χ1) is 14.2. The van der Waals surface area contributed by atoms with Crippen molar-refractivity contribution in [1.82, 2.24) is 5.32 Å². The fraction of sp³-hybridized carbons (Fsp3) is 0.240. The van der Waals surface area contributed by atoms with Gasteiger partial charge in [-0.2, -0.15) is 0 Å². The zero-order valence-electron chi connectivity index (χ0n) is 16.1. The Hall–Kier alpha value is -3.27. The van der Waals surface area contributed by atoms with E-state index in [0.717, 1.165) is 30.4 Å². The van der Waals surface area contributed by atoms with Crippen molar-refractivity contribution in [1.29, 1.82) is 0 Å². The van der Waals surface area contributed by atoms with Gasteiger partial charge in [0.2, 0.25) is 0 Å². The first-order valence-electron chi connectivity index (χ1n) is 10.1. The van der Waals surface area contributed by atoms with Crippen molar-refractivity contribution in [2.45, 2.75) is 31.2 Å². The molecule has 0 radical (unpaired) electrons. The summed E-state index contributed by atoms with van der Waals surface area (Å²) in [5.41, 5.74) is 6.76. The van der Waals surface area contributed by atoms with E-state index in [0.29, 0.717) is 12.4 Å². The van der Waals surface area contributed by atoms with Gasteiger partial charge in [-0.25, -0.2) is 4.79 Å². The molecule has 1 amide bonds. The molecule has 2 aliphatic rings. The summed E-state index contributed by atoms with van der Waals surface area (Å²) in [4.78, 5) is 12.6. The maximum Gasteiger partial charge on any atom is 0.407 e. The van der Waals surface area contributed by atoms with Crippen LogP contribution in [0.5, 0.6) is 5.75 Å². The standard InChI is InChI=1S/C25H23NO3/c27-24-14-6-11-20-21(24)12-5-13-23(20)26-25(28)29-15-22-18-9-3-1-7-16(18)17-8-2-4-10-19(17)22/h1-4,6-11,14,22-23,27H,5,12-13,15H2,(H,26,28). The molecule has 1 unspecified atom stereocenters. The summed E-state index contributed by atoms with van der Waals surface area (Å²) in [6.45, 7) is 0.305. The molecule has 0 saturated heterocycles. The van der Waals surface area contributed by atoms with Crippen LogP contribution in [0.25, 0.3) is 11.1 Å². The monoisotopic (exact) mass is 385 g/mol. The molecule has 4 nitrogen and oxygen atoms in total. The lowest BCUT2D eigenvalue weighted by Gasteiger charge is -2.27. The summed E-state index contributed by atoms with van der Waals surface area (Å²) < 4.78 is 5.68. The summed E-state index contributed by atoms with van der Waals surface area (Å²) in [6, 6.07) is 22.0. The largest absolute Gasteiger partial charge is 0.508 e. The highest BCUT2D eigenvalue weighted by molar-refractivity contribution is 5.79. The number of phenols is 1. The summed E-state index contributed by atoms with van der Waals surface area (Å²) >= 11 is 0. The number of carbonyl (C=O) groups is 1. The van der Waals surface area contributed by atoms with Crippen LogP contribution in [0.3, 0.4) is 0 Å². The Morgan fingerprint density at radius 2 is 1.59 bits per heavy atom. The molecule has 5 rings (SSSR count). The first kappa shape index (κ1) is 17.8. The number of aromatic hydroxyl groups is 1. The molecule has 2 aliphatic carbocycles. The number of carbonyl (C=O) groups excluding carboxylic acids is 1. The highest BCUT2D eigenvalue weighted by Crippen LogP contribution is 2.44. The van der Waals surface area contributed by atoms with E-state index in [1.807, 2.05) is 36.4 Å². The number of alkyl carbamates (subject to hydrolysis) is 1. The van der Waals surface area contributed by atoms with Crippen LogP contribution < -0.4 is 5.32 Å². The lowest BCUT2D eigenvalue weighted by molar-refractivity contribution is 0.138. The summed E-state index contributed by atoms with van der Waals surface area (Å²) in [7, 11) is 0. The van der Waals surface area contributed by atoms with Gasteiger partial charge in [-0.1, -0.05) is 60.7 Å². The number of nitrogens with one attached hydrogen (secondary N) is 1. The van der Waals surface area contributed by atoms with Crippen LogP contribution in [0.2, 0.25) is 0 Å². The molecule has 0 spiro atoms. The number of rotatable bonds is 3. The van der Waals surface area contributed by atoms with Crippen LogP contribution in [-0.4, -0.2) is 17.8 Å². The van der Waals surface area contributed by atoms with Crippen LogP contribution in [-0.2, 0) is 11.2 Å². The van der Waals surface area contributed by atoms with Crippen molar-refractivity contribution in [2.24, 2.45) is 0 Å². The van der Waals surface area contributed by atoms with Gasteiger partial charge in [-0.3, -0.25) is 0 Å². The molecule has 0 aromatic heterocycles. The second kappa shape index (κ2) is 7.28. The van der Waals surface area contributed by atoms with Crippen LogP contribution in [0, 0.1) is 0 Å². The fourth-order valence-electron chi connectivity index (χ4n) is 4.76. The fourth-order valence-corrected chi connectivity index (χ4v) is 4.76. The van der Waals surface area contributed by atoms with E-state index in [-0.39, 0.29) is 12.0 Å². The Kier molecular flexibility index (Phi) is 4.47. The maximum absolute atomic E-state index is 12.6. The van der Waals surface area contributed by atoms with Gasteiger partial charge in [0, 0.05) is 5.92 Å². The van der Waals surface area contributed by atoms with E-state index in [4.69, 9.17) is 4.74 Å². The zero-order chi connectivity index (χ0) is 19.8. The van der Waals surface area contributed by atoms with Gasteiger partial charge < -0.3 is 15.2 Å². The molecule has 0 bridgehead atoms. The number of hydrogen-bond acceptors (Lipinski definition) is 3. The molecule has 4 heteroatoms. The normalized spacial score (nSPS) is 17.2. The van der Waals surface area contributed by atoms with Gasteiger partial charge in [0.05, 0.1) is 6.04 Å². The lowest BCUT2D eigenvalue weighted by Crippen LogP contribution is -2.32. The smallest absolute Gasteiger partial charge is 0.407 e. The third-order valence-electron chi connectivity index (χ3n) is 6.12. The maximum atomic E-state index is 12.6. The third-order valence-corrected chi connectivity index (χ3v) is 6.12. The second-order valence-electron chi connectivity index (χ2n) is 7.76. The molecule has 29 heavy (non-hydrogen) atoms. The summed E-state index contributed by atoms with van der Waals surface area (Å²) in [6.07, 6.45) is 2.21. The molecule has 0 heterocycles. The number of ether oxygens (including phenoxy) is 1. The highest BCUT2D eigenvalue weighted by atomic mass is 16.5. The Morgan fingerprint density at radius 3 is 2.31 bits per heavy atom. The average Bonchev–Trinajstić information content (AvgIpc) is 3.07. The van der Waals surface area contributed by atoms with Gasteiger partial charge in [-0.05, 0) is 58.7 Å². The second-order valence-corrected chi connectivity index (χ2v) is 7.76. The van der Waals surface area contributed by atoms with E-state index in [1.54, 1.807) is 6.07 Å². The van der Waals surface area contributed by atoms with Gasteiger partial charge in [0.25, 0.3) is 0 Å². The Morgan fingerprint density at radius 1 is 0.931 bits per heavy atom. The quantitative estimate of drug-likeness (QED) is 0.642. The van der Waals surface area contributed by atoms with Crippen molar-refractivity contribution in [3.05, 3.63) is 89.0 Å². The predicted octanol–water partition coefficient (Wildman–Crippen LogP) is 5.31. The van der Waals surface area contributed by atoms with Crippen molar-refractivity contribution in [3.8, 4) is 16.9 Å². The molecular formula is C25H23NO3. The van der Waals surface area contributed by atoms with E-state index >= 15 is 0 Å². The number of phenolic OH excluding ortho intramolecular Hbond substituents is 1. The zero-order valence-corrected chi connectivity index (χ0v) is 16.1. The molecule has 0 aliphatic heterocycles. The Bertz CT molecular complexity index is 1030. The van der Waals surface area contributed by atoms with Crippen molar-refractivity contribution >= 4 is 6.09 Å². The lowest BCUT2D eigenvalue weighted by atomic mass is 9.87. The van der Waals surface area contributed by atoms with Crippen LogP contribution in [0.4, 0.5) is 4.79 Å². The molecule has 3 aromatic carbocycles. The third kappa shape index (κ3) is 3.15. The van der Waals surface area contributed by atoms with E-state index < -0.39 is 6.09 Å². The van der Waals surface area contributed by atoms with Crippen molar-refractivity contribution in [2.75, 3.05) is 6.61 Å². The van der Waals surface area contributed by atoms with Gasteiger partial charge >= 0.3 is 6.09 Å². The molecule has 1 atom stereocenters. The molecular weight excluding hydrogens is 362 g/mol. The molecule has 3 aromatic rings. The van der Waals surface area contributed by atoms with Gasteiger partial charge in [0.1, 0.15) is 12.4 Å². The number of benzene rings is 3. The summed E-state index contributed by atoms with van der Waals surface area (Å²) in [5, 5.41) is 13.1. The highest BCUT2D eigenvalue weighted by Gasteiger charge is 2.30. The number of hydrogen-bond donors (Lipinski definition) is 2. The van der Waals surface area contributed by atoms with E-state index in [9.17, 15) is 9.90 Å². The number of fused-ring (bicyclic) bond motifs is 4. The van der Waals surface area contributed by atoms with Crippen LogP contribution >= 0.6 is 0 Å². The average molecular weight is 385 g/mol. The minimum absolute atomic E-state index is 0.0517. The molecule has 146 valence electrons. The van der Waals surface area contributed by atoms with E-state index in [2.05, 4.69) is 29.6 Å². The first-order valence-corrected chi connectivity index (χ1v) is 10.1. The molecule has 0 fully saturated rings.